The van der Waals surface area contributed by atoms with Crippen molar-refractivity contribution in [1.82, 2.24) is 4.57 Å². The Bertz CT molecular complexity index is 754. The van der Waals surface area contributed by atoms with Gasteiger partial charge in [0.05, 0.1) is 18.7 Å². The lowest BCUT2D eigenvalue weighted by atomic mass is 10.1. The van der Waals surface area contributed by atoms with Gasteiger partial charge in [-0.2, -0.15) is 5.26 Å². The Hall–Kier alpha value is -2.74. The van der Waals surface area contributed by atoms with E-state index in [1.165, 1.54) is 7.11 Å². The quantitative estimate of drug-likeness (QED) is 0.796. The summed E-state index contributed by atoms with van der Waals surface area (Å²) in [6.45, 7) is 3.78. The molecule has 5 nitrogen and oxygen atoms in total. The van der Waals surface area contributed by atoms with E-state index in [4.69, 9.17) is 14.7 Å². The van der Waals surface area contributed by atoms with E-state index in [9.17, 15) is 4.79 Å². The fraction of sp³-hybridized carbons (Fsp3) is 0.294. The van der Waals surface area contributed by atoms with Gasteiger partial charge in [-0.25, -0.2) is 0 Å². The summed E-state index contributed by atoms with van der Waals surface area (Å²) in [5, 5.41) is 8.87. The van der Waals surface area contributed by atoms with Crippen LogP contribution < -0.4 is 9.47 Å². The topological polar surface area (TPSA) is 64.2 Å². The first-order valence-corrected chi connectivity index (χ1v) is 6.85. The number of aromatic nitrogens is 1. The molecule has 1 heterocycles. The number of carbonyl (C=O) groups excluding carboxylic acids is 1. The summed E-state index contributed by atoms with van der Waals surface area (Å²) >= 11 is 0. The number of rotatable bonds is 5. The monoisotopic (exact) mass is 298 g/mol. The minimum atomic E-state index is -0.0902. The molecule has 0 aliphatic rings. The summed E-state index contributed by atoms with van der Waals surface area (Å²) < 4.78 is 12.7. The number of ketones is 1. The molecule has 22 heavy (non-hydrogen) atoms. The molecule has 0 saturated heterocycles. The van der Waals surface area contributed by atoms with Crippen LogP contribution in [0.2, 0.25) is 0 Å². The number of methoxy groups -OCH3 is 1. The molecular formula is C17H18N2O3. The first-order chi connectivity index (χ1) is 10.5. The molecule has 2 aromatic rings. The van der Waals surface area contributed by atoms with Crippen LogP contribution in [0.4, 0.5) is 0 Å². The smallest absolute Gasteiger partial charge is 0.202 e. The Morgan fingerprint density at radius 2 is 2.00 bits per heavy atom. The van der Waals surface area contributed by atoms with Crippen LogP contribution in [0.25, 0.3) is 0 Å². The first-order valence-electron chi connectivity index (χ1n) is 6.85. The van der Waals surface area contributed by atoms with Crippen molar-refractivity contribution in [3.05, 3.63) is 46.8 Å². The Morgan fingerprint density at radius 1 is 1.27 bits per heavy atom. The van der Waals surface area contributed by atoms with E-state index in [0.29, 0.717) is 22.6 Å². The summed E-state index contributed by atoms with van der Waals surface area (Å²) in [6.07, 6.45) is 0. The molecule has 0 bridgehead atoms. The maximum absolute atomic E-state index is 12.3. The van der Waals surface area contributed by atoms with Crippen molar-refractivity contribution in [1.29, 1.82) is 5.26 Å². The van der Waals surface area contributed by atoms with Gasteiger partial charge in [0.15, 0.2) is 18.1 Å². The van der Waals surface area contributed by atoms with Gasteiger partial charge in [-0.15, -0.1) is 0 Å². The zero-order chi connectivity index (χ0) is 16.3. The Balaban J connectivity index is 2.14. The summed E-state index contributed by atoms with van der Waals surface area (Å²) in [7, 11) is 3.42. The number of hydrogen-bond donors (Lipinski definition) is 0. The highest BCUT2D eigenvalue weighted by Gasteiger charge is 2.15. The van der Waals surface area contributed by atoms with Crippen LogP contribution in [0.15, 0.2) is 24.3 Å². The van der Waals surface area contributed by atoms with Crippen LogP contribution in [0.5, 0.6) is 11.5 Å². The standard InChI is InChI=1S/C17H18N2O3/c1-11-7-14(12(2)19(11)3)15(20)10-22-16-6-5-13(9-18)8-17(16)21-4/h5-8H,10H2,1-4H3. The van der Waals surface area contributed by atoms with Crippen molar-refractivity contribution in [3.8, 4) is 17.6 Å². The van der Waals surface area contributed by atoms with Gasteiger partial charge in [0, 0.05) is 30.1 Å². The van der Waals surface area contributed by atoms with Gasteiger partial charge in [0.2, 0.25) is 5.78 Å². The zero-order valence-corrected chi connectivity index (χ0v) is 13.1. The summed E-state index contributed by atoms with van der Waals surface area (Å²) in [6, 6.07) is 8.73. The molecule has 0 aliphatic carbocycles. The van der Waals surface area contributed by atoms with E-state index < -0.39 is 0 Å². The predicted octanol–water partition coefficient (Wildman–Crippen LogP) is 2.78. The average Bonchev–Trinajstić information content (AvgIpc) is 2.80. The third-order valence-corrected chi connectivity index (χ3v) is 3.73. The van der Waals surface area contributed by atoms with Crippen LogP contribution in [0, 0.1) is 25.2 Å². The maximum atomic E-state index is 12.3. The van der Waals surface area contributed by atoms with E-state index in [-0.39, 0.29) is 12.4 Å². The summed E-state index contributed by atoms with van der Waals surface area (Å²) in [5.74, 6) is 0.792. The van der Waals surface area contributed by atoms with E-state index >= 15 is 0 Å². The molecular weight excluding hydrogens is 280 g/mol. The molecule has 0 spiro atoms. The van der Waals surface area contributed by atoms with E-state index in [0.717, 1.165) is 11.4 Å². The zero-order valence-electron chi connectivity index (χ0n) is 13.1. The summed E-state index contributed by atoms with van der Waals surface area (Å²) in [4.78, 5) is 12.3. The third kappa shape index (κ3) is 2.96. The number of Topliss-reactive ketones (excluding diaryl/α,β-unsaturated/α-hetero) is 1. The van der Waals surface area contributed by atoms with Crippen LogP contribution >= 0.6 is 0 Å². The number of benzene rings is 1. The molecule has 0 unspecified atom stereocenters. The molecule has 1 aromatic carbocycles. The second-order valence-corrected chi connectivity index (χ2v) is 5.03. The van der Waals surface area contributed by atoms with Gasteiger partial charge in [-0.05, 0) is 32.0 Å². The number of ether oxygens (including phenoxy) is 2. The van der Waals surface area contributed by atoms with Crippen molar-refractivity contribution in [2.24, 2.45) is 7.05 Å². The van der Waals surface area contributed by atoms with Gasteiger partial charge in [0.25, 0.3) is 0 Å². The van der Waals surface area contributed by atoms with Crippen LogP contribution in [-0.4, -0.2) is 24.1 Å². The van der Waals surface area contributed by atoms with Crippen molar-refractivity contribution in [3.63, 3.8) is 0 Å². The predicted molar refractivity (Wildman–Crippen MR) is 82.4 cm³/mol. The highest BCUT2D eigenvalue weighted by atomic mass is 16.5. The fourth-order valence-electron chi connectivity index (χ4n) is 2.22. The maximum Gasteiger partial charge on any atom is 0.202 e. The molecule has 0 atom stereocenters. The lowest BCUT2D eigenvalue weighted by Gasteiger charge is -2.10. The number of nitriles is 1. The van der Waals surface area contributed by atoms with Crippen LogP contribution in [-0.2, 0) is 7.05 Å². The highest BCUT2D eigenvalue weighted by Crippen LogP contribution is 2.28. The van der Waals surface area contributed by atoms with Crippen molar-refractivity contribution < 1.29 is 14.3 Å². The van der Waals surface area contributed by atoms with Gasteiger partial charge in [0.1, 0.15) is 0 Å². The normalized spacial score (nSPS) is 10.1. The fourth-order valence-corrected chi connectivity index (χ4v) is 2.22. The molecule has 0 saturated carbocycles. The SMILES string of the molecule is COc1cc(C#N)ccc1OCC(=O)c1cc(C)n(C)c1C. The van der Waals surface area contributed by atoms with Crippen LogP contribution in [0.1, 0.15) is 27.3 Å². The van der Waals surface area contributed by atoms with Crippen LogP contribution in [0.3, 0.4) is 0 Å². The number of hydrogen-bond acceptors (Lipinski definition) is 4. The lowest BCUT2D eigenvalue weighted by Crippen LogP contribution is -2.13. The Labute approximate surface area is 129 Å². The molecule has 5 heteroatoms. The average molecular weight is 298 g/mol. The second kappa shape index (κ2) is 6.35. The lowest BCUT2D eigenvalue weighted by molar-refractivity contribution is 0.0919. The number of carbonyl (C=O) groups is 1. The van der Waals surface area contributed by atoms with Crippen molar-refractivity contribution in [2.45, 2.75) is 13.8 Å². The third-order valence-electron chi connectivity index (χ3n) is 3.73. The molecule has 0 radical (unpaired) electrons. The van der Waals surface area contributed by atoms with Gasteiger partial charge >= 0.3 is 0 Å². The minimum absolute atomic E-state index is 0.0768. The molecule has 2 rings (SSSR count). The Morgan fingerprint density at radius 3 is 2.55 bits per heavy atom. The molecule has 0 N–H and O–H groups in total. The largest absolute Gasteiger partial charge is 0.493 e. The second-order valence-electron chi connectivity index (χ2n) is 5.03. The van der Waals surface area contributed by atoms with Crippen molar-refractivity contribution in [2.75, 3.05) is 13.7 Å². The Kier molecular flexibility index (Phi) is 4.52. The number of aryl methyl sites for hydroxylation is 1. The van der Waals surface area contributed by atoms with Gasteiger partial charge in [-0.3, -0.25) is 4.79 Å². The summed E-state index contributed by atoms with van der Waals surface area (Å²) in [5.41, 5.74) is 3.08. The first kappa shape index (κ1) is 15.6. The van der Waals surface area contributed by atoms with E-state index in [2.05, 4.69) is 0 Å². The molecule has 1 aromatic heterocycles. The molecule has 0 amide bonds. The van der Waals surface area contributed by atoms with Gasteiger partial charge < -0.3 is 14.0 Å². The molecule has 114 valence electrons. The minimum Gasteiger partial charge on any atom is -0.493 e. The van der Waals surface area contributed by atoms with Crippen molar-refractivity contribution >= 4 is 5.78 Å². The van der Waals surface area contributed by atoms with Gasteiger partial charge in [-0.1, -0.05) is 0 Å². The number of nitrogens with zero attached hydrogens (tertiary/aromatic N) is 2. The molecule has 0 fully saturated rings. The highest BCUT2D eigenvalue weighted by molar-refractivity contribution is 5.98. The van der Waals surface area contributed by atoms with E-state index in [1.54, 1.807) is 18.2 Å². The molecule has 0 aliphatic heterocycles. The van der Waals surface area contributed by atoms with E-state index in [1.807, 2.05) is 37.6 Å².